The molecule has 0 aliphatic carbocycles. The summed E-state index contributed by atoms with van der Waals surface area (Å²) in [5, 5.41) is 6.67. The number of halogens is 1. The lowest BCUT2D eigenvalue weighted by Crippen LogP contribution is -2.51. The number of likely N-dealkylation sites (N-methyl/N-ethyl adjacent to an activating group) is 1. The van der Waals surface area contributed by atoms with E-state index in [1.807, 2.05) is 13.1 Å². The van der Waals surface area contributed by atoms with E-state index in [1.54, 1.807) is 12.1 Å². The van der Waals surface area contributed by atoms with Crippen LogP contribution in [0.4, 0.5) is 4.39 Å². The summed E-state index contributed by atoms with van der Waals surface area (Å²) in [7, 11) is 1.94. The summed E-state index contributed by atoms with van der Waals surface area (Å²) in [6.45, 7) is 6.37. The fraction of sp³-hybridized carbons (Fsp3) is 0.571. The molecule has 1 aliphatic heterocycles. The van der Waals surface area contributed by atoms with E-state index < -0.39 is 0 Å². The molecule has 2 N–H and O–H groups in total. The highest BCUT2D eigenvalue weighted by Gasteiger charge is 2.24. The van der Waals surface area contributed by atoms with Gasteiger partial charge in [0.25, 0.3) is 0 Å². The maximum atomic E-state index is 13.3. The van der Waals surface area contributed by atoms with Crippen LogP contribution in [0.1, 0.15) is 18.5 Å². The van der Waals surface area contributed by atoms with Crippen molar-refractivity contribution in [2.45, 2.75) is 19.0 Å². The Morgan fingerprint density at radius 1 is 1.33 bits per heavy atom. The molecule has 1 saturated heterocycles. The molecular weight excluding hydrogens is 229 g/mol. The van der Waals surface area contributed by atoms with Gasteiger partial charge in [-0.05, 0) is 31.7 Å². The minimum Gasteiger partial charge on any atom is -0.314 e. The van der Waals surface area contributed by atoms with E-state index in [4.69, 9.17) is 0 Å². The van der Waals surface area contributed by atoms with E-state index in [9.17, 15) is 4.39 Å². The third kappa shape index (κ3) is 3.07. The Labute approximate surface area is 108 Å². The summed E-state index contributed by atoms with van der Waals surface area (Å²) < 4.78 is 13.3. The van der Waals surface area contributed by atoms with E-state index in [-0.39, 0.29) is 11.9 Å². The van der Waals surface area contributed by atoms with Gasteiger partial charge >= 0.3 is 0 Å². The third-order valence-corrected chi connectivity index (χ3v) is 3.73. The van der Waals surface area contributed by atoms with Gasteiger partial charge in [0.15, 0.2) is 0 Å². The molecule has 100 valence electrons. The Morgan fingerprint density at radius 2 is 2.06 bits per heavy atom. The Bertz CT molecular complexity index is 377. The molecule has 2 rings (SSSR count). The molecule has 1 heterocycles. The first-order valence-electron chi connectivity index (χ1n) is 6.60. The van der Waals surface area contributed by atoms with Gasteiger partial charge in [-0.3, -0.25) is 4.90 Å². The molecule has 1 aliphatic rings. The second kappa shape index (κ2) is 6.27. The van der Waals surface area contributed by atoms with E-state index >= 15 is 0 Å². The maximum absolute atomic E-state index is 13.3. The number of hydrogen-bond acceptors (Lipinski definition) is 3. The van der Waals surface area contributed by atoms with Crippen molar-refractivity contribution in [3.8, 4) is 0 Å². The first kappa shape index (κ1) is 13.5. The fourth-order valence-electron chi connectivity index (χ4n) is 2.69. The van der Waals surface area contributed by atoms with Gasteiger partial charge in [0.05, 0.1) is 0 Å². The summed E-state index contributed by atoms with van der Waals surface area (Å²) >= 11 is 0. The van der Waals surface area contributed by atoms with Crippen LogP contribution >= 0.6 is 0 Å². The predicted molar refractivity (Wildman–Crippen MR) is 72.1 cm³/mol. The average Bonchev–Trinajstić information content (AvgIpc) is 2.40. The van der Waals surface area contributed by atoms with Crippen molar-refractivity contribution >= 4 is 0 Å². The normalized spacial score (nSPS) is 20.6. The molecule has 4 heteroatoms. The van der Waals surface area contributed by atoms with Gasteiger partial charge in [0.1, 0.15) is 5.82 Å². The lowest BCUT2D eigenvalue weighted by Gasteiger charge is -2.37. The standard InChI is InChI=1S/C14H22FN3/c1-11(18-8-6-17-7-9-18)14(16-2)12-4-3-5-13(15)10-12/h3-5,10-11,14,16-17H,6-9H2,1-2H3. The molecule has 0 spiro atoms. The molecule has 0 aromatic heterocycles. The van der Waals surface area contributed by atoms with Gasteiger partial charge in [-0.25, -0.2) is 4.39 Å². The second-order valence-electron chi connectivity index (χ2n) is 4.85. The molecule has 0 amide bonds. The van der Waals surface area contributed by atoms with Crippen LogP contribution in [0.3, 0.4) is 0 Å². The summed E-state index contributed by atoms with van der Waals surface area (Å²) in [5.41, 5.74) is 1.02. The molecule has 0 saturated carbocycles. The maximum Gasteiger partial charge on any atom is 0.123 e. The topological polar surface area (TPSA) is 27.3 Å². The van der Waals surface area contributed by atoms with Crippen LogP contribution in [0.15, 0.2) is 24.3 Å². The Balaban J connectivity index is 2.11. The van der Waals surface area contributed by atoms with Gasteiger partial charge in [-0.15, -0.1) is 0 Å². The number of rotatable bonds is 4. The van der Waals surface area contributed by atoms with Gasteiger partial charge in [-0.2, -0.15) is 0 Å². The van der Waals surface area contributed by atoms with Crippen molar-refractivity contribution in [2.24, 2.45) is 0 Å². The summed E-state index contributed by atoms with van der Waals surface area (Å²) in [4.78, 5) is 2.45. The number of nitrogens with zero attached hydrogens (tertiary/aromatic N) is 1. The molecule has 2 atom stereocenters. The first-order valence-corrected chi connectivity index (χ1v) is 6.60. The minimum atomic E-state index is -0.166. The largest absolute Gasteiger partial charge is 0.314 e. The van der Waals surface area contributed by atoms with E-state index in [1.165, 1.54) is 6.07 Å². The highest BCUT2D eigenvalue weighted by molar-refractivity contribution is 5.21. The molecule has 3 nitrogen and oxygen atoms in total. The zero-order valence-electron chi connectivity index (χ0n) is 11.1. The van der Waals surface area contributed by atoms with Crippen LogP contribution in [-0.2, 0) is 0 Å². The van der Waals surface area contributed by atoms with Gasteiger partial charge in [0, 0.05) is 38.3 Å². The number of nitrogens with one attached hydrogen (secondary N) is 2. The van der Waals surface area contributed by atoms with Crippen LogP contribution < -0.4 is 10.6 Å². The summed E-state index contributed by atoms with van der Waals surface area (Å²) in [6.07, 6.45) is 0. The van der Waals surface area contributed by atoms with E-state index in [0.717, 1.165) is 31.7 Å². The zero-order chi connectivity index (χ0) is 13.0. The minimum absolute atomic E-state index is 0.166. The van der Waals surface area contributed by atoms with Gasteiger partial charge < -0.3 is 10.6 Å². The highest BCUT2D eigenvalue weighted by atomic mass is 19.1. The van der Waals surface area contributed by atoms with Gasteiger partial charge in [0.2, 0.25) is 0 Å². The first-order chi connectivity index (χ1) is 8.72. The average molecular weight is 251 g/mol. The molecule has 1 fully saturated rings. The number of hydrogen-bond donors (Lipinski definition) is 2. The van der Waals surface area contributed by atoms with Crippen LogP contribution in [0.5, 0.6) is 0 Å². The third-order valence-electron chi connectivity index (χ3n) is 3.73. The number of benzene rings is 1. The Kier molecular flexibility index (Phi) is 4.69. The zero-order valence-corrected chi connectivity index (χ0v) is 11.1. The quantitative estimate of drug-likeness (QED) is 0.846. The molecular formula is C14H22FN3. The fourth-order valence-corrected chi connectivity index (χ4v) is 2.69. The van der Waals surface area contributed by atoms with E-state index in [0.29, 0.717) is 6.04 Å². The smallest absolute Gasteiger partial charge is 0.123 e. The van der Waals surface area contributed by atoms with Crippen LogP contribution in [0.25, 0.3) is 0 Å². The van der Waals surface area contributed by atoms with Crippen LogP contribution in [-0.4, -0.2) is 44.2 Å². The van der Waals surface area contributed by atoms with Crippen molar-refractivity contribution in [3.63, 3.8) is 0 Å². The van der Waals surface area contributed by atoms with Crippen molar-refractivity contribution in [2.75, 3.05) is 33.2 Å². The van der Waals surface area contributed by atoms with Crippen molar-refractivity contribution in [3.05, 3.63) is 35.6 Å². The summed E-state index contributed by atoms with van der Waals surface area (Å²) in [5.74, 6) is -0.166. The van der Waals surface area contributed by atoms with Crippen molar-refractivity contribution in [1.82, 2.24) is 15.5 Å². The molecule has 1 aromatic carbocycles. The van der Waals surface area contributed by atoms with Crippen LogP contribution in [0.2, 0.25) is 0 Å². The van der Waals surface area contributed by atoms with E-state index in [2.05, 4.69) is 22.5 Å². The lowest BCUT2D eigenvalue weighted by molar-refractivity contribution is 0.153. The SMILES string of the molecule is CNC(c1cccc(F)c1)C(C)N1CCNCC1. The summed E-state index contributed by atoms with van der Waals surface area (Å²) in [6, 6.07) is 7.41. The lowest BCUT2D eigenvalue weighted by atomic mass is 9.99. The molecule has 2 unspecified atom stereocenters. The Morgan fingerprint density at radius 3 is 2.67 bits per heavy atom. The second-order valence-corrected chi connectivity index (χ2v) is 4.85. The molecule has 0 bridgehead atoms. The predicted octanol–water partition coefficient (Wildman–Crippen LogP) is 1.38. The monoisotopic (exact) mass is 251 g/mol. The highest BCUT2D eigenvalue weighted by Crippen LogP contribution is 2.21. The number of piperazine rings is 1. The molecule has 18 heavy (non-hydrogen) atoms. The Hall–Kier alpha value is -0.970. The molecule has 1 aromatic rings. The molecule has 0 radical (unpaired) electrons. The van der Waals surface area contributed by atoms with Crippen molar-refractivity contribution in [1.29, 1.82) is 0 Å². The van der Waals surface area contributed by atoms with Crippen LogP contribution in [0, 0.1) is 5.82 Å². The van der Waals surface area contributed by atoms with Gasteiger partial charge in [-0.1, -0.05) is 12.1 Å². The van der Waals surface area contributed by atoms with Crippen molar-refractivity contribution < 1.29 is 4.39 Å².